The summed E-state index contributed by atoms with van der Waals surface area (Å²) in [6, 6.07) is 3.10. The van der Waals surface area contributed by atoms with Crippen molar-refractivity contribution in [3.8, 4) is 0 Å². The normalized spacial score (nSPS) is 26.6. The van der Waals surface area contributed by atoms with Crippen molar-refractivity contribution in [3.05, 3.63) is 41.6 Å². The quantitative estimate of drug-likeness (QED) is 0.862. The van der Waals surface area contributed by atoms with Crippen LogP contribution in [-0.4, -0.2) is 47.2 Å². The zero-order valence-electron chi connectivity index (χ0n) is 13.7. The highest BCUT2D eigenvalue weighted by Crippen LogP contribution is 2.44. The molecule has 0 saturated carbocycles. The molecule has 5 rings (SSSR count). The Morgan fingerprint density at radius 1 is 1.21 bits per heavy atom. The highest BCUT2D eigenvalue weighted by molar-refractivity contribution is 5.37. The maximum absolute atomic E-state index is 5.43. The van der Waals surface area contributed by atoms with Gasteiger partial charge in [0, 0.05) is 55.5 Å². The molecule has 2 aromatic heterocycles. The van der Waals surface area contributed by atoms with Gasteiger partial charge in [-0.05, 0) is 18.9 Å². The van der Waals surface area contributed by atoms with Gasteiger partial charge < -0.3 is 14.1 Å². The highest BCUT2D eigenvalue weighted by atomic mass is 16.5. The molecule has 0 radical (unpaired) electrons. The molecule has 5 heterocycles. The van der Waals surface area contributed by atoms with Crippen LogP contribution in [0.2, 0.25) is 0 Å². The molecule has 0 spiro atoms. The minimum absolute atomic E-state index is 0.451. The van der Waals surface area contributed by atoms with Crippen LogP contribution in [0.1, 0.15) is 35.7 Å². The molecule has 6 heteroatoms. The molecule has 2 atom stereocenters. The number of aromatic nitrogens is 2. The van der Waals surface area contributed by atoms with E-state index in [2.05, 4.69) is 27.0 Å². The van der Waals surface area contributed by atoms with Gasteiger partial charge in [-0.15, -0.1) is 0 Å². The van der Waals surface area contributed by atoms with Crippen LogP contribution < -0.4 is 4.90 Å². The molecule has 3 aliphatic heterocycles. The van der Waals surface area contributed by atoms with Gasteiger partial charge in [0.05, 0.1) is 31.4 Å². The molecule has 0 aliphatic carbocycles. The maximum Gasteiger partial charge on any atom is 0.225 e. The van der Waals surface area contributed by atoms with E-state index in [0.29, 0.717) is 12.1 Å². The summed E-state index contributed by atoms with van der Waals surface area (Å²) in [6.07, 6.45) is 9.16. The summed E-state index contributed by atoms with van der Waals surface area (Å²) in [6.45, 7) is 4.27. The van der Waals surface area contributed by atoms with E-state index >= 15 is 0 Å². The maximum atomic E-state index is 5.43. The lowest BCUT2D eigenvalue weighted by molar-refractivity contribution is 0.122. The fraction of sp³-hybridized carbons (Fsp3) is 0.556. The number of morpholine rings is 1. The minimum Gasteiger partial charge on any atom is -0.472 e. The Kier molecular flexibility index (Phi) is 3.52. The molecule has 3 aliphatic rings. The standard InChI is InChI=1S/C18H22N4O2/c1-2-17-15-10-19-18(21-4-7-23-8-5-21)20-16(15)9-14(1)22(17)11-13-3-6-24-12-13/h3,6,10,12,14,17H,1-2,4-5,7-9,11H2/t14-,17+/m0/s1. The minimum atomic E-state index is 0.451. The van der Waals surface area contributed by atoms with E-state index in [9.17, 15) is 0 Å². The monoisotopic (exact) mass is 326 g/mol. The van der Waals surface area contributed by atoms with Gasteiger partial charge in [0.25, 0.3) is 0 Å². The van der Waals surface area contributed by atoms with Crippen molar-refractivity contribution in [2.24, 2.45) is 0 Å². The Bertz CT molecular complexity index is 712. The van der Waals surface area contributed by atoms with Gasteiger partial charge in [-0.1, -0.05) is 0 Å². The van der Waals surface area contributed by atoms with Crippen molar-refractivity contribution < 1.29 is 9.15 Å². The van der Waals surface area contributed by atoms with Gasteiger partial charge in [0.1, 0.15) is 0 Å². The van der Waals surface area contributed by atoms with E-state index < -0.39 is 0 Å². The summed E-state index contributed by atoms with van der Waals surface area (Å²) >= 11 is 0. The molecule has 2 aromatic rings. The van der Waals surface area contributed by atoms with E-state index in [4.69, 9.17) is 14.1 Å². The number of nitrogens with zero attached hydrogens (tertiary/aromatic N) is 4. The molecule has 2 saturated heterocycles. The van der Waals surface area contributed by atoms with Crippen LogP contribution in [0.3, 0.4) is 0 Å². The molecule has 2 fully saturated rings. The molecule has 0 N–H and O–H groups in total. The molecular formula is C18H22N4O2. The molecule has 2 bridgehead atoms. The zero-order valence-corrected chi connectivity index (χ0v) is 13.7. The SMILES string of the molecule is c1cc(CN2[C@H]3CC[C@@H]2c2cnc(N4CCOCC4)nc2C3)co1. The third-order valence-electron chi connectivity index (χ3n) is 5.56. The average Bonchev–Trinajstić information content (AvgIpc) is 3.23. The van der Waals surface area contributed by atoms with E-state index in [1.54, 1.807) is 6.26 Å². The fourth-order valence-electron chi connectivity index (χ4n) is 4.32. The van der Waals surface area contributed by atoms with Gasteiger partial charge in [-0.25, -0.2) is 9.97 Å². The van der Waals surface area contributed by atoms with Crippen LogP contribution in [0.25, 0.3) is 0 Å². The van der Waals surface area contributed by atoms with Crippen molar-refractivity contribution in [2.75, 3.05) is 31.2 Å². The van der Waals surface area contributed by atoms with Gasteiger partial charge in [-0.2, -0.15) is 0 Å². The fourth-order valence-corrected chi connectivity index (χ4v) is 4.32. The second-order valence-corrected chi connectivity index (χ2v) is 6.93. The summed E-state index contributed by atoms with van der Waals surface area (Å²) in [7, 11) is 0. The van der Waals surface area contributed by atoms with Crippen LogP contribution in [-0.2, 0) is 17.7 Å². The van der Waals surface area contributed by atoms with E-state index in [-0.39, 0.29) is 0 Å². The number of hydrogen-bond donors (Lipinski definition) is 0. The first kappa shape index (κ1) is 14.4. The van der Waals surface area contributed by atoms with Crippen LogP contribution >= 0.6 is 0 Å². The second kappa shape index (κ2) is 5.86. The number of ether oxygens (including phenoxy) is 1. The van der Waals surface area contributed by atoms with Crippen LogP contribution in [0.5, 0.6) is 0 Å². The molecule has 6 nitrogen and oxygen atoms in total. The Hall–Kier alpha value is -1.92. The highest BCUT2D eigenvalue weighted by Gasteiger charge is 2.41. The molecule has 126 valence electrons. The Morgan fingerprint density at radius 3 is 2.96 bits per heavy atom. The first-order valence-corrected chi connectivity index (χ1v) is 8.84. The lowest BCUT2D eigenvalue weighted by Gasteiger charge is -2.36. The molecule has 24 heavy (non-hydrogen) atoms. The van der Waals surface area contributed by atoms with Crippen LogP contribution in [0.15, 0.2) is 29.2 Å². The van der Waals surface area contributed by atoms with Crippen molar-refractivity contribution in [2.45, 2.75) is 37.9 Å². The number of anilines is 1. The molecule has 0 aromatic carbocycles. The first-order chi connectivity index (χ1) is 11.9. The lowest BCUT2D eigenvalue weighted by atomic mass is 9.99. The van der Waals surface area contributed by atoms with Crippen LogP contribution in [0.4, 0.5) is 5.95 Å². The number of rotatable bonds is 3. The predicted molar refractivity (Wildman–Crippen MR) is 88.8 cm³/mol. The topological polar surface area (TPSA) is 54.6 Å². The van der Waals surface area contributed by atoms with Gasteiger partial charge in [0.15, 0.2) is 0 Å². The molecule has 0 amide bonds. The van der Waals surface area contributed by atoms with Gasteiger partial charge >= 0.3 is 0 Å². The summed E-state index contributed by atoms with van der Waals surface area (Å²) in [4.78, 5) is 14.4. The Balaban J connectivity index is 1.41. The summed E-state index contributed by atoms with van der Waals surface area (Å²) in [5.41, 5.74) is 3.83. The lowest BCUT2D eigenvalue weighted by Crippen LogP contribution is -2.40. The van der Waals surface area contributed by atoms with E-state index in [1.807, 2.05) is 6.26 Å². The van der Waals surface area contributed by atoms with Crippen molar-refractivity contribution >= 4 is 5.95 Å². The predicted octanol–water partition coefficient (Wildman–Crippen LogP) is 2.17. The zero-order chi connectivity index (χ0) is 15.9. The Morgan fingerprint density at radius 2 is 2.12 bits per heavy atom. The molecule has 0 unspecified atom stereocenters. The number of furan rings is 1. The Labute approximate surface area is 141 Å². The number of hydrogen-bond acceptors (Lipinski definition) is 6. The van der Waals surface area contributed by atoms with Gasteiger partial charge in [-0.3, -0.25) is 4.90 Å². The summed E-state index contributed by atoms with van der Waals surface area (Å²) in [5, 5.41) is 0. The third kappa shape index (κ3) is 2.41. The third-order valence-corrected chi connectivity index (χ3v) is 5.56. The van der Waals surface area contributed by atoms with Crippen molar-refractivity contribution in [3.63, 3.8) is 0 Å². The average molecular weight is 326 g/mol. The largest absolute Gasteiger partial charge is 0.472 e. The van der Waals surface area contributed by atoms with E-state index in [1.165, 1.54) is 29.7 Å². The van der Waals surface area contributed by atoms with Crippen LogP contribution in [0, 0.1) is 0 Å². The number of fused-ring (bicyclic) bond motifs is 4. The van der Waals surface area contributed by atoms with Crippen molar-refractivity contribution in [1.29, 1.82) is 0 Å². The van der Waals surface area contributed by atoms with Crippen molar-refractivity contribution in [1.82, 2.24) is 14.9 Å². The second-order valence-electron chi connectivity index (χ2n) is 6.93. The van der Waals surface area contributed by atoms with Gasteiger partial charge in [0.2, 0.25) is 5.95 Å². The smallest absolute Gasteiger partial charge is 0.225 e. The summed E-state index contributed by atoms with van der Waals surface area (Å²) < 4.78 is 10.7. The summed E-state index contributed by atoms with van der Waals surface area (Å²) in [5.74, 6) is 0.875. The first-order valence-electron chi connectivity index (χ1n) is 8.84. The van der Waals surface area contributed by atoms with E-state index in [0.717, 1.165) is 45.2 Å². The molecular weight excluding hydrogens is 304 g/mol.